The molecule has 0 aromatic heterocycles. The summed E-state index contributed by atoms with van der Waals surface area (Å²) >= 11 is 1.68. The predicted molar refractivity (Wildman–Crippen MR) is 150 cm³/mol. The first-order valence-electron chi connectivity index (χ1n) is 12.8. The van der Waals surface area contributed by atoms with Crippen LogP contribution in [0.5, 0.6) is 0 Å². The number of ether oxygens (including phenoxy) is 1. The Labute approximate surface area is 219 Å². The van der Waals surface area contributed by atoms with Crippen LogP contribution in [0.3, 0.4) is 0 Å². The van der Waals surface area contributed by atoms with E-state index in [1.165, 1.54) is 11.1 Å². The van der Waals surface area contributed by atoms with Crippen LogP contribution in [-0.2, 0) is 4.74 Å². The van der Waals surface area contributed by atoms with E-state index in [1.807, 2.05) is 29.4 Å². The van der Waals surface area contributed by atoms with Crippen LogP contribution in [-0.4, -0.2) is 68.0 Å². The Morgan fingerprint density at radius 3 is 2.25 bits per heavy atom. The fourth-order valence-corrected chi connectivity index (χ4v) is 5.17. The van der Waals surface area contributed by atoms with Gasteiger partial charge in [-0.15, -0.1) is 11.8 Å². The molecular weight excluding hydrogens is 466 g/mol. The van der Waals surface area contributed by atoms with E-state index >= 15 is 0 Å². The molecule has 3 aromatic rings. The van der Waals surface area contributed by atoms with Gasteiger partial charge in [0, 0.05) is 49.2 Å². The maximum atomic E-state index is 13.5. The lowest BCUT2D eigenvalue weighted by molar-refractivity contribution is 0.0365. The Hall–Kier alpha value is -2.80. The molecule has 0 unspecified atom stereocenters. The molecule has 6 heteroatoms. The van der Waals surface area contributed by atoms with E-state index in [1.54, 1.807) is 11.8 Å². The molecule has 0 bridgehead atoms. The average molecular weight is 504 g/mol. The highest BCUT2D eigenvalue weighted by atomic mass is 32.2. The molecule has 1 aliphatic heterocycles. The van der Waals surface area contributed by atoms with Crippen molar-refractivity contribution in [3.63, 3.8) is 0 Å². The normalized spacial score (nSPS) is 14.1. The molecule has 0 saturated carbocycles. The third-order valence-electron chi connectivity index (χ3n) is 6.71. The number of urea groups is 1. The molecule has 3 aromatic carbocycles. The molecule has 1 N–H and O–H groups in total. The summed E-state index contributed by atoms with van der Waals surface area (Å²) < 4.78 is 5.48. The lowest BCUT2D eigenvalue weighted by Crippen LogP contribution is -2.40. The first kappa shape index (κ1) is 26.3. The monoisotopic (exact) mass is 503 g/mol. The highest BCUT2D eigenvalue weighted by molar-refractivity contribution is 7.98. The maximum absolute atomic E-state index is 13.5. The van der Waals surface area contributed by atoms with Crippen LogP contribution >= 0.6 is 11.8 Å². The standard InChI is InChI=1S/C30H37N3O2S/c1-36-28-15-8-14-27(24-28)31-30(34)33(18-9-17-32-20-22-35-23-21-32)19-16-29(25-10-4-2-5-11-25)26-12-6-3-7-13-26/h2-8,10-15,24,29H,9,16-23H2,1H3,(H,31,34). The van der Waals surface area contributed by atoms with E-state index in [-0.39, 0.29) is 11.9 Å². The third-order valence-corrected chi connectivity index (χ3v) is 7.43. The highest BCUT2D eigenvalue weighted by Gasteiger charge is 2.20. The molecule has 5 nitrogen and oxygen atoms in total. The lowest BCUT2D eigenvalue weighted by Gasteiger charge is -2.29. The summed E-state index contributed by atoms with van der Waals surface area (Å²) in [5, 5.41) is 3.15. The minimum atomic E-state index is -0.0323. The zero-order chi connectivity index (χ0) is 25.0. The molecule has 4 rings (SSSR count). The van der Waals surface area contributed by atoms with E-state index < -0.39 is 0 Å². The predicted octanol–water partition coefficient (Wildman–Crippen LogP) is 6.19. The van der Waals surface area contributed by atoms with Crippen molar-refractivity contribution in [1.29, 1.82) is 0 Å². The fraction of sp³-hybridized carbons (Fsp3) is 0.367. The van der Waals surface area contributed by atoms with Crippen molar-refractivity contribution in [3.8, 4) is 0 Å². The molecule has 0 spiro atoms. The van der Waals surface area contributed by atoms with Gasteiger partial charge in [0.05, 0.1) is 13.2 Å². The van der Waals surface area contributed by atoms with E-state index in [0.717, 1.165) is 62.8 Å². The maximum Gasteiger partial charge on any atom is 0.321 e. The number of carbonyl (C=O) groups is 1. The number of hydrogen-bond donors (Lipinski definition) is 1. The minimum Gasteiger partial charge on any atom is -0.379 e. The van der Waals surface area contributed by atoms with Gasteiger partial charge < -0.3 is 15.0 Å². The number of nitrogens with one attached hydrogen (secondary N) is 1. The number of nitrogens with zero attached hydrogens (tertiary/aromatic N) is 2. The van der Waals surface area contributed by atoms with Crippen molar-refractivity contribution in [3.05, 3.63) is 96.1 Å². The SMILES string of the molecule is CSc1cccc(NC(=O)N(CCCN2CCOCC2)CCC(c2ccccc2)c2ccccc2)c1. The molecule has 190 valence electrons. The van der Waals surface area contributed by atoms with Crippen LogP contribution in [0.25, 0.3) is 0 Å². The van der Waals surface area contributed by atoms with Crippen LogP contribution < -0.4 is 5.32 Å². The molecule has 1 saturated heterocycles. The quantitative estimate of drug-likeness (QED) is 0.317. The summed E-state index contributed by atoms with van der Waals surface area (Å²) in [5.41, 5.74) is 3.41. The van der Waals surface area contributed by atoms with Gasteiger partial charge in [0.15, 0.2) is 0 Å². The first-order valence-corrected chi connectivity index (χ1v) is 14.1. The molecular formula is C30H37N3O2S. The largest absolute Gasteiger partial charge is 0.379 e. The molecule has 36 heavy (non-hydrogen) atoms. The van der Waals surface area contributed by atoms with E-state index in [0.29, 0.717) is 6.54 Å². The van der Waals surface area contributed by atoms with Crippen molar-refractivity contribution in [1.82, 2.24) is 9.80 Å². The average Bonchev–Trinajstić information content (AvgIpc) is 2.94. The van der Waals surface area contributed by atoms with Crippen LogP contribution in [0.4, 0.5) is 10.5 Å². The second-order valence-electron chi connectivity index (χ2n) is 9.12. The van der Waals surface area contributed by atoms with E-state index in [9.17, 15) is 4.79 Å². The summed E-state index contributed by atoms with van der Waals surface area (Å²) in [6.45, 7) is 5.93. The summed E-state index contributed by atoms with van der Waals surface area (Å²) in [6.07, 6.45) is 3.86. The van der Waals surface area contributed by atoms with Gasteiger partial charge in [0.2, 0.25) is 0 Å². The number of carbonyl (C=O) groups excluding carboxylic acids is 1. The van der Waals surface area contributed by atoms with Crippen LogP contribution in [0.15, 0.2) is 89.8 Å². The molecule has 1 fully saturated rings. The van der Waals surface area contributed by atoms with Gasteiger partial charge in [-0.1, -0.05) is 66.7 Å². The van der Waals surface area contributed by atoms with Gasteiger partial charge in [-0.25, -0.2) is 4.79 Å². The molecule has 0 aliphatic carbocycles. The topological polar surface area (TPSA) is 44.8 Å². The number of thioether (sulfide) groups is 1. The van der Waals surface area contributed by atoms with Gasteiger partial charge >= 0.3 is 6.03 Å². The van der Waals surface area contributed by atoms with Crippen molar-refractivity contribution in [2.75, 3.05) is 57.5 Å². The van der Waals surface area contributed by atoms with Gasteiger partial charge in [-0.2, -0.15) is 0 Å². The molecule has 2 amide bonds. The van der Waals surface area contributed by atoms with Crippen LogP contribution in [0.1, 0.15) is 29.9 Å². The van der Waals surface area contributed by atoms with Crippen molar-refractivity contribution < 1.29 is 9.53 Å². The Bertz CT molecular complexity index is 1020. The first-order chi connectivity index (χ1) is 17.7. The molecule has 1 heterocycles. The summed E-state index contributed by atoms with van der Waals surface area (Å²) in [5.74, 6) is 0.238. The minimum absolute atomic E-state index is 0.0323. The number of morpholine rings is 1. The van der Waals surface area contributed by atoms with Crippen LogP contribution in [0.2, 0.25) is 0 Å². The van der Waals surface area contributed by atoms with Gasteiger partial charge in [0.1, 0.15) is 0 Å². The molecule has 1 aliphatic rings. The van der Waals surface area contributed by atoms with Gasteiger partial charge in [0.25, 0.3) is 0 Å². The van der Waals surface area contributed by atoms with E-state index in [4.69, 9.17) is 4.74 Å². The smallest absolute Gasteiger partial charge is 0.321 e. The number of benzene rings is 3. The second kappa shape index (κ2) is 14.1. The molecule has 0 radical (unpaired) electrons. The molecule has 0 atom stereocenters. The Kier molecular flexibility index (Phi) is 10.3. The van der Waals surface area contributed by atoms with Crippen LogP contribution in [0, 0.1) is 0 Å². The number of rotatable bonds is 11. The third kappa shape index (κ3) is 7.85. The highest BCUT2D eigenvalue weighted by Crippen LogP contribution is 2.28. The van der Waals surface area contributed by atoms with Crippen molar-refractivity contribution in [2.24, 2.45) is 0 Å². The van der Waals surface area contributed by atoms with E-state index in [2.05, 4.69) is 76.9 Å². The number of amides is 2. The summed E-state index contributed by atoms with van der Waals surface area (Å²) in [7, 11) is 0. The summed E-state index contributed by atoms with van der Waals surface area (Å²) in [6, 6.07) is 29.3. The van der Waals surface area contributed by atoms with Crippen molar-refractivity contribution >= 4 is 23.5 Å². The van der Waals surface area contributed by atoms with Gasteiger partial charge in [-0.3, -0.25) is 4.90 Å². The number of anilines is 1. The fourth-order valence-electron chi connectivity index (χ4n) is 4.71. The van der Waals surface area contributed by atoms with Gasteiger partial charge in [-0.05, 0) is 48.4 Å². The zero-order valence-electron chi connectivity index (χ0n) is 21.1. The van der Waals surface area contributed by atoms with Crippen molar-refractivity contribution in [2.45, 2.75) is 23.7 Å². The lowest BCUT2D eigenvalue weighted by atomic mass is 9.88. The second-order valence-corrected chi connectivity index (χ2v) is 10.00. The number of hydrogen-bond acceptors (Lipinski definition) is 4. The Morgan fingerprint density at radius 1 is 0.944 bits per heavy atom. The Balaban J connectivity index is 1.46. The summed E-state index contributed by atoms with van der Waals surface area (Å²) in [4.78, 5) is 19.0. The Morgan fingerprint density at radius 2 is 1.61 bits per heavy atom. The zero-order valence-corrected chi connectivity index (χ0v) is 22.0.